The molecule has 0 radical (unpaired) electrons. The first-order valence-corrected chi connectivity index (χ1v) is 9.20. The van der Waals surface area contributed by atoms with Gasteiger partial charge in [0.25, 0.3) is 5.69 Å². The van der Waals surface area contributed by atoms with Crippen LogP contribution in [0.3, 0.4) is 0 Å². The molecule has 2 rings (SSSR count). The Morgan fingerprint density at radius 2 is 1.87 bits per heavy atom. The van der Waals surface area contributed by atoms with Gasteiger partial charge in [0.05, 0.1) is 10.6 Å². The number of benzene rings is 1. The molecule has 1 aromatic carbocycles. The van der Waals surface area contributed by atoms with Crippen molar-refractivity contribution in [2.24, 2.45) is 5.14 Å². The summed E-state index contributed by atoms with van der Waals surface area (Å²) in [7, 11) is -4.03. The highest BCUT2D eigenvalue weighted by Crippen LogP contribution is 2.25. The van der Waals surface area contributed by atoms with Gasteiger partial charge in [0, 0.05) is 25.2 Å². The fourth-order valence-corrected chi connectivity index (χ4v) is 3.45. The van der Waals surface area contributed by atoms with E-state index >= 15 is 0 Å². The number of hydrogen-bond acceptors (Lipinski definition) is 6. The molecule has 1 fully saturated rings. The highest BCUT2D eigenvalue weighted by Gasteiger charge is 2.19. The minimum atomic E-state index is -4.03. The largest absolute Gasteiger partial charge is 0.383 e. The van der Waals surface area contributed by atoms with Crippen LogP contribution in [-0.2, 0) is 10.0 Å². The van der Waals surface area contributed by atoms with Crippen molar-refractivity contribution < 1.29 is 13.3 Å². The summed E-state index contributed by atoms with van der Waals surface area (Å²) in [6, 6.07) is 3.65. The van der Waals surface area contributed by atoms with Crippen molar-refractivity contribution in [1.29, 1.82) is 0 Å². The Morgan fingerprint density at radius 1 is 1.22 bits per heavy atom. The Morgan fingerprint density at radius 3 is 2.43 bits per heavy atom. The number of rotatable bonds is 6. The van der Waals surface area contributed by atoms with Crippen LogP contribution in [0.4, 0.5) is 11.4 Å². The molecule has 0 aromatic heterocycles. The number of nitro benzene ring substituents is 1. The summed E-state index contributed by atoms with van der Waals surface area (Å²) in [5, 5.41) is 19.0. The predicted octanol–water partition coefficient (Wildman–Crippen LogP) is 1.53. The Labute approximate surface area is 135 Å². The molecule has 0 unspecified atom stereocenters. The second-order valence-corrected chi connectivity index (χ2v) is 7.20. The maximum absolute atomic E-state index is 11.6. The fraction of sp³-hybridized carbons (Fsp3) is 0.571. The number of nitrogens with two attached hydrogens (primary N) is 1. The molecule has 9 heteroatoms. The number of nitrogens with one attached hydrogen (secondary N) is 1. The summed E-state index contributed by atoms with van der Waals surface area (Å²) in [4.78, 5) is 12.2. The van der Waals surface area contributed by atoms with Gasteiger partial charge in [-0.25, -0.2) is 13.6 Å². The summed E-state index contributed by atoms with van der Waals surface area (Å²) in [5.74, 6) is 0. The Hall–Kier alpha value is -1.71. The number of nitrogens with zero attached hydrogens (tertiary/aromatic N) is 2. The molecule has 8 nitrogen and oxygen atoms in total. The highest BCUT2D eigenvalue weighted by molar-refractivity contribution is 7.89. The maximum atomic E-state index is 11.6. The van der Waals surface area contributed by atoms with Gasteiger partial charge in [-0.05, 0) is 32.0 Å². The van der Waals surface area contributed by atoms with Crippen molar-refractivity contribution in [3.05, 3.63) is 28.3 Å². The third-order valence-electron chi connectivity index (χ3n) is 3.92. The minimum absolute atomic E-state index is 0.248. The molecule has 0 bridgehead atoms. The molecule has 0 saturated carbocycles. The van der Waals surface area contributed by atoms with E-state index in [4.69, 9.17) is 5.14 Å². The highest BCUT2D eigenvalue weighted by atomic mass is 32.2. The van der Waals surface area contributed by atoms with Crippen molar-refractivity contribution in [2.45, 2.75) is 30.6 Å². The van der Waals surface area contributed by atoms with E-state index in [1.165, 1.54) is 37.8 Å². The van der Waals surface area contributed by atoms with Crippen molar-refractivity contribution in [1.82, 2.24) is 4.90 Å². The molecule has 3 N–H and O–H groups in total. The molecular weight excluding hydrogens is 320 g/mol. The van der Waals surface area contributed by atoms with Gasteiger partial charge < -0.3 is 10.2 Å². The first kappa shape index (κ1) is 17.6. The number of non-ortho nitro benzene ring substituents is 1. The predicted molar refractivity (Wildman–Crippen MR) is 87.9 cm³/mol. The second-order valence-electron chi connectivity index (χ2n) is 5.67. The number of likely N-dealkylation sites (tertiary alicyclic amines) is 1. The average Bonchev–Trinajstić information content (AvgIpc) is 2.75. The number of hydrogen-bond donors (Lipinski definition) is 2. The van der Waals surface area contributed by atoms with Gasteiger partial charge in [0.1, 0.15) is 4.90 Å². The van der Waals surface area contributed by atoms with Crippen LogP contribution in [-0.4, -0.2) is 44.4 Å². The van der Waals surface area contributed by atoms with Gasteiger partial charge in [0.2, 0.25) is 10.0 Å². The lowest BCUT2D eigenvalue weighted by molar-refractivity contribution is -0.385. The van der Waals surface area contributed by atoms with Gasteiger partial charge in [-0.15, -0.1) is 0 Å². The lowest BCUT2D eigenvalue weighted by atomic mass is 10.2. The zero-order chi connectivity index (χ0) is 16.9. The van der Waals surface area contributed by atoms with E-state index in [0.29, 0.717) is 12.2 Å². The number of primary sulfonamides is 1. The minimum Gasteiger partial charge on any atom is -0.383 e. The molecule has 0 spiro atoms. The van der Waals surface area contributed by atoms with Crippen molar-refractivity contribution in [3.63, 3.8) is 0 Å². The summed E-state index contributed by atoms with van der Waals surface area (Å²) in [5.41, 5.74) is 0.0000139. The zero-order valence-electron chi connectivity index (χ0n) is 12.9. The van der Waals surface area contributed by atoms with E-state index in [0.717, 1.165) is 25.7 Å². The van der Waals surface area contributed by atoms with E-state index in [9.17, 15) is 18.5 Å². The first-order chi connectivity index (χ1) is 10.9. The quantitative estimate of drug-likeness (QED) is 0.598. The van der Waals surface area contributed by atoms with E-state index in [2.05, 4.69) is 10.2 Å². The standard InChI is InChI=1S/C14H22N4O4S/c15-23(21,22)14-11-12(18(19)20)5-6-13(14)16-7-10-17-8-3-1-2-4-9-17/h5-6,11,16H,1-4,7-10H2,(H2,15,21,22). The molecule has 128 valence electrons. The lowest BCUT2D eigenvalue weighted by Crippen LogP contribution is -2.30. The van der Waals surface area contributed by atoms with Gasteiger partial charge in [0.15, 0.2) is 0 Å². The van der Waals surface area contributed by atoms with Crippen molar-refractivity contribution in [3.8, 4) is 0 Å². The van der Waals surface area contributed by atoms with Crippen molar-refractivity contribution >= 4 is 21.4 Å². The smallest absolute Gasteiger partial charge is 0.270 e. The molecule has 1 heterocycles. The number of anilines is 1. The SMILES string of the molecule is NS(=O)(=O)c1cc([N+](=O)[O-])ccc1NCCN1CCCCCC1. The Balaban J connectivity index is 2.05. The molecule has 1 aliphatic rings. The van der Waals surface area contributed by atoms with Crippen LogP contribution in [0.2, 0.25) is 0 Å². The van der Waals surface area contributed by atoms with Gasteiger partial charge in [-0.1, -0.05) is 12.8 Å². The lowest BCUT2D eigenvalue weighted by Gasteiger charge is -2.20. The summed E-state index contributed by atoms with van der Waals surface area (Å²) < 4.78 is 23.3. The topological polar surface area (TPSA) is 119 Å². The molecule has 23 heavy (non-hydrogen) atoms. The number of sulfonamides is 1. The fourth-order valence-electron chi connectivity index (χ4n) is 2.71. The number of nitro groups is 1. The normalized spacial score (nSPS) is 16.7. The van der Waals surface area contributed by atoms with Crippen LogP contribution >= 0.6 is 0 Å². The second kappa shape index (κ2) is 7.71. The molecule has 0 aliphatic carbocycles. The molecule has 0 atom stereocenters. The average molecular weight is 342 g/mol. The van der Waals surface area contributed by atoms with Crippen LogP contribution in [0.15, 0.2) is 23.1 Å². The van der Waals surface area contributed by atoms with Crippen LogP contribution in [0.5, 0.6) is 0 Å². The van der Waals surface area contributed by atoms with Crippen LogP contribution in [0.25, 0.3) is 0 Å². The molecular formula is C14H22N4O4S. The van der Waals surface area contributed by atoms with Gasteiger partial charge >= 0.3 is 0 Å². The monoisotopic (exact) mass is 342 g/mol. The van der Waals surface area contributed by atoms with Crippen molar-refractivity contribution in [2.75, 3.05) is 31.5 Å². The molecule has 0 amide bonds. The molecule has 1 aliphatic heterocycles. The van der Waals surface area contributed by atoms with E-state index in [1.54, 1.807) is 0 Å². The van der Waals surface area contributed by atoms with E-state index in [-0.39, 0.29) is 10.6 Å². The maximum Gasteiger partial charge on any atom is 0.270 e. The van der Waals surface area contributed by atoms with Gasteiger partial charge in [-0.2, -0.15) is 0 Å². The van der Waals surface area contributed by atoms with E-state index < -0.39 is 14.9 Å². The Kier molecular flexibility index (Phi) is 5.91. The summed E-state index contributed by atoms with van der Waals surface area (Å²) in [6.07, 6.45) is 4.86. The van der Waals surface area contributed by atoms with E-state index in [1.807, 2.05) is 0 Å². The third kappa shape index (κ3) is 5.15. The first-order valence-electron chi connectivity index (χ1n) is 7.65. The van der Waals surface area contributed by atoms with Crippen LogP contribution < -0.4 is 10.5 Å². The summed E-state index contributed by atoms with van der Waals surface area (Å²) >= 11 is 0. The van der Waals surface area contributed by atoms with Crippen LogP contribution in [0, 0.1) is 10.1 Å². The summed E-state index contributed by atoms with van der Waals surface area (Å²) in [6.45, 7) is 3.44. The third-order valence-corrected chi connectivity index (χ3v) is 4.88. The zero-order valence-corrected chi connectivity index (χ0v) is 13.7. The molecule has 1 aromatic rings. The van der Waals surface area contributed by atoms with Crippen LogP contribution in [0.1, 0.15) is 25.7 Å². The van der Waals surface area contributed by atoms with Gasteiger partial charge in [-0.3, -0.25) is 10.1 Å². The Bertz CT molecular complexity index is 655. The molecule has 1 saturated heterocycles.